The number of ether oxygens (including phenoxy) is 1. The summed E-state index contributed by atoms with van der Waals surface area (Å²) in [5.74, 6) is 0. The van der Waals surface area contributed by atoms with Crippen LogP contribution < -0.4 is 0 Å². The van der Waals surface area contributed by atoms with E-state index < -0.39 is 0 Å². The molecule has 2 rings (SSSR count). The van der Waals surface area contributed by atoms with Crippen LogP contribution in [0.2, 0.25) is 0 Å². The Morgan fingerprint density at radius 2 is 1.87 bits per heavy atom. The molecule has 1 nitrogen and oxygen atoms in total. The average molecular weight is 267 g/mol. The molecule has 0 aromatic heterocycles. The summed E-state index contributed by atoms with van der Waals surface area (Å²) >= 11 is 3.59. The van der Waals surface area contributed by atoms with Gasteiger partial charge in [-0.15, -0.1) is 0 Å². The highest BCUT2D eigenvalue weighted by atomic mass is 79.9. The quantitative estimate of drug-likeness (QED) is 0.750. The maximum atomic E-state index is 5.32. The first kappa shape index (κ1) is 10.9. The van der Waals surface area contributed by atoms with Gasteiger partial charge in [0.2, 0.25) is 0 Å². The van der Waals surface area contributed by atoms with Crippen LogP contribution in [0.1, 0.15) is 23.1 Å². The molecule has 80 valence electrons. The summed E-state index contributed by atoms with van der Waals surface area (Å²) in [4.78, 5) is 0. The molecule has 2 heteroatoms. The summed E-state index contributed by atoms with van der Waals surface area (Å²) in [6, 6.07) is 4.49. The van der Waals surface area contributed by atoms with Crippen LogP contribution in [0.4, 0.5) is 0 Å². The smallest absolute Gasteiger partial charge is 0.0653 e. The van der Waals surface area contributed by atoms with Gasteiger partial charge in [-0.1, -0.05) is 34.1 Å². The van der Waals surface area contributed by atoms with Gasteiger partial charge in [-0.3, -0.25) is 0 Å². The molecule has 1 heterocycles. The zero-order chi connectivity index (χ0) is 10.8. The number of benzene rings is 1. The summed E-state index contributed by atoms with van der Waals surface area (Å²) in [6.07, 6.45) is 3.21. The SMILES string of the molecule is Cc1cc(C2=CCOCC2)cc(C)c1Br. The predicted molar refractivity (Wildman–Crippen MR) is 67.0 cm³/mol. The number of hydrogen-bond donors (Lipinski definition) is 0. The second-order valence-corrected chi connectivity index (χ2v) is 4.77. The van der Waals surface area contributed by atoms with Gasteiger partial charge in [0, 0.05) is 4.47 Å². The van der Waals surface area contributed by atoms with Crippen LogP contribution in [0, 0.1) is 13.8 Å². The largest absolute Gasteiger partial charge is 0.377 e. The fourth-order valence-electron chi connectivity index (χ4n) is 1.92. The lowest BCUT2D eigenvalue weighted by Crippen LogP contribution is -2.04. The van der Waals surface area contributed by atoms with Gasteiger partial charge in [-0.25, -0.2) is 0 Å². The van der Waals surface area contributed by atoms with Gasteiger partial charge in [0.15, 0.2) is 0 Å². The van der Waals surface area contributed by atoms with Crippen LogP contribution in [0.3, 0.4) is 0 Å². The fraction of sp³-hybridized carbons (Fsp3) is 0.385. The van der Waals surface area contributed by atoms with Crippen LogP contribution in [0.15, 0.2) is 22.7 Å². The first-order valence-corrected chi connectivity index (χ1v) is 6.01. The van der Waals surface area contributed by atoms with E-state index in [4.69, 9.17) is 4.74 Å². The van der Waals surface area contributed by atoms with E-state index >= 15 is 0 Å². The van der Waals surface area contributed by atoms with Gasteiger partial charge in [0.05, 0.1) is 13.2 Å². The molecule has 0 spiro atoms. The monoisotopic (exact) mass is 266 g/mol. The van der Waals surface area contributed by atoms with Crippen LogP contribution in [-0.2, 0) is 4.74 Å². The molecular weight excluding hydrogens is 252 g/mol. The topological polar surface area (TPSA) is 9.23 Å². The summed E-state index contributed by atoms with van der Waals surface area (Å²) in [7, 11) is 0. The van der Waals surface area contributed by atoms with Crippen molar-refractivity contribution >= 4 is 21.5 Å². The second kappa shape index (κ2) is 4.50. The van der Waals surface area contributed by atoms with Crippen molar-refractivity contribution in [2.45, 2.75) is 20.3 Å². The summed E-state index contributed by atoms with van der Waals surface area (Å²) in [6.45, 7) is 5.88. The van der Waals surface area contributed by atoms with Crippen molar-refractivity contribution in [2.75, 3.05) is 13.2 Å². The third-order valence-electron chi connectivity index (χ3n) is 2.77. The molecule has 0 fully saturated rings. The van der Waals surface area contributed by atoms with Gasteiger partial charge in [0.1, 0.15) is 0 Å². The predicted octanol–water partition coefficient (Wildman–Crippen LogP) is 3.87. The van der Waals surface area contributed by atoms with E-state index in [1.54, 1.807) is 0 Å². The number of aryl methyl sites for hydroxylation is 2. The highest BCUT2D eigenvalue weighted by Crippen LogP contribution is 2.28. The summed E-state index contributed by atoms with van der Waals surface area (Å²) in [5.41, 5.74) is 5.37. The Morgan fingerprint density at radius 1 is 1.20 bits per heavy atom. The van der Waals surface area contributed by atoms with Gasteiger partial charge in [-0.2, -0.15) is 0 Å². The van der Waals surface area contributed by atoms with Crippen molar-refractivity contribution in [1.29, 1.82) is 0 Å². The van der Waals surface area contributed by atoms with Crippen molar-refractivity contribution in [2.24, 2.45) is 0 Å². The third-order valence-corrected chi connectivity index (χ3v) is 4.02. The normalized spacial score (nSPS) is 16.3. The Kier molecular flexibility index (Phi) is 3.27. The zero-order valence-electron chi connectivity index (χ0n) is 9.14. The molecule has 1 aromatic carbocycles. The number of halogens is 1. The first-order chi connectivity index (χ1) is 7.18. The minimum Gasteiger partial charge on any atom is -0.377 e. The van der Waals surface area contributed by atoms with Crippen molar-refractivity contribution in [3.05, 3.63) is 39.4 Å². The maximum Gasteiger partial charge on any atom is 0.0653 e. The van der Waals surface area contributed by atoms with Crippen molar-refractivity contribution in [3.63, 3.8) is 0 Å². The molecule has 0 saturated carbocycles. The van der Waals surface area contributed by atoms with Crippen LogP contribution in [0.5, 0.6) is 0 Å². The Bertz CT molecular complexity index is 384. The van der Waals surface area contributed by atoms with E-state index in [-0.39, 0.29) is 0 Å². The summed E-state index contributed by atoms with van der Waals surface area (Å²) < 4.78 is 6.54. The third kappa shape index (κ3) is 2.32. The molecule has 0 bridgehead atoms. The molecule has 0 unspecified atom stereocenters. The highest BCUT2D eigenvalue weighted by Gasteiger charge is 2.09. The van der Waals surface area contributed by atoms with E-state index in [1.807, 2.05) is 0 Å². The summed E-state index contributed by atoms with van der Waals surface area (Å²) in [5, 5.41) is 0. The molecule has 0 amide bonds. The Morgan fingerprint density at radius 3 is 2.40 bits per heavy atom. The van der Waals surface area contributed by atoms with Crippen LogP contribution in [0.25, 0.3) is 5.57 Å². The molecule has 0 radical (unpaired) electrons. The molecule has 0 saturated heterocycles. The maximum absolute atomic E-state index is 5.32. The van der Waals surface area contributed by atoms with Crippen molar-refractivity contribution in [3.8, 4) is 0 Å². The first-order valence-electron chi connectivity index (χ1n) is 5.22. The lowest BCUT2D eigenvalue weighted by atomic mass is 9.98. The Balaban J connectivity index is 2.40. The van der Waals surface area contributed by atoms with Gasteiger partial charge >= 0.3 is 0 Å². The molecule has 1 aromatic rings. The number of rotatable bonds is 1. The van der Waals surface area contributed by atoms with Crippen LogP contribution in [-0.4, -0.2) is 13.2 Å². The van der Waals surface area contributed by atoms with E-state index in [1.165, 1.54) is 26.7 Å². The van der Waals surface area contributed by atoms with E-state index in [9.17, 15) is 0 Å². The molecule has 0 N–H and O–H groups in total. The number of hydrogen-bond acceptors (Lipinski definition) is 1. The van der Waals surface area contributed by atoms with E-state index in [2.05, 4.69) is 48.0 Å². The Labute approximate surface area is 99.3 Å². The lowest BCUT2D eigenvalue weighted by molar-refractivity contribution is 0.161. The second-order valence-electron chi connectivity index (χ2n) is 3.98. The van der Waals surface area contributed by atoms with Crippen LogP contribution >= 0.6 is 15.9 Å². The van der Waals surface area contributed by atoms with Gasteiger partial charge in [0.25, 0.3) is 0 Å². The molecule has 1 aliphatic heterocycles. The molecular formula is C13H15BrO. The highest BCUT2D eigenvalue weighted by molar-refractivity contribution is 9.10. The van der Waals surface area contributed by atoms with E-state index in [0.717, 1.165) is 19.6 Å². The molecule has 0 aliphatic carbocycles. The van der Waals surface area contributed by atoms with Gasteiger partial charge in [-0.05, 0) is 42.5 Å². The zero-order valence-corrected chi connectivity index (χ0v) is 10.7. The molecule has 15 heavy (non-hydrogen) atoms. The average Bonchev–Trinajstić information content (AvgIpc) is 2.26. The van der Waals surface area contributed by atoms with Crippen molar-refractivity contribution < 1.29 is 4.74 Å². The minimum atomic E-state index is 0.753. The Hall–Kier alpha value is -0.600. The van der Waals surface area contributed by atoms with Gasteiger partial charge < -0.3 is 4.74 Å². The fourth-order valence-corrected chi connectivity index (χ4v) is 2.15. The lowest BCUT2D eigenvalue weighted by Gasteiger charge is -2.15. The standard InChI is InChI=1S/C13H15BrO/c1-9-7-12(8-10(2)13(9)14)11-3-5-15-6-4-11/h3,7-8H,4-6H2,1-2H3. The van der Waals surface area contributed by atoms with Crippen molar-refractivity contribution in [1.82, 2.24) is 0 Å². The van der Waals surface area contributed by atoms with E-state index in [0.29, 0.717) is 0 Å². The molecule has 1 aliphatic rings. The minimum absolute atomic E-state index is 0.753. The molecule has 0 atom stereocenters.